The van der Waals surface area contributed by atoms with Crippen molar-refractivity contribution in [3.05, 3.63) is 0 Å². The summed E-state index contributed by atoms with van der Waals surface area (Å²) in [4.78, 5) is 12.4. The van der Waals surface area contributed by atoms with Crippen molar-refractivity contribution in [2.24, 2.45) is 0 Å². The maximum Gasteiger partial charge on any atom is 0.323 e. The van der Waals surface area contributed by atoms with E-state index in [9.17, 15) is 5.11 Å². The molecule has 1 aromatic rings. The van der Waals surface area contributed by atoms with Gasteiger partial charge < -0.3 is 20.5 Å². The molecule has 1 unspecified atom stereocenters. The molecule has 3 N–H and O–H groups in total. The van der Waals surface area contributed by atoms with Crippen molar-refractivity contribution in [1.82, 2.24) is 15.0 Å². The quantitative estimate of drug-likeness (QED) is 0.621. The zero-order valence-electron chi connectivity index (χ0n) is 11.8. The number of hydrogen-bond donors (Lipinski definition) is 3. The first-order chi connectivity index (χ1) is 9.19. The summed E-state index contributed by atoms with van der Waals surface area (Å²) in [5.41, 5.74) is 0. The number of aromatic nitrogens is 3. The lowest BCUT2D eigenvalue weighted by molar-refractivity contribution is 0.164. The van der Waals surface area contributed by atoms with Crippen LogP contribution in [0.2, 0.25) is 0 Å². The second-order valence-electron chi connectivity index (χ2n) is 4.14. The van der Waals surface area contributed by atoms with Crippen LogP contribution < -0.4 is 15.4 Å². The molecular formula is C12H23N5O2. The van der Waals surface area contributed by atoms with E-state index in [1.54, 1.807) is 7.05 Å². The van der Waals surface area contributed by atoms with Crippen molar-refractivity contribution in [3.8, 4) is 6.01 Å². The monoisotopic (exact) mass is 269 g/mol. The fourth-order valence-corrected chi connectivity index (χ4v) is 1.36. The first-order valence-corrected chi connectivity index (χ1v) is 6.68. The van der Waals surface area contributed by atoms with E-state index in [2.05, 4.69) is 25.6 Å². The number of aliphatic hydroxyl groups is 1. The number of aliphatic hydroxyl groups excluding tert-OH is 1. The molecule has 1 heterocycles. The van der Waals surface area contributed by atoms with E-state index < -0.39 is 0 Å². The van der Waals surface area contributed by atoms with E-state index in [4.69, 9.17) is 4.74 Å². The molecule has 1 atom stereocenters. The fourth-order valence-electron chi connectivity index (χ4n) is 1.36. The lowest BCUT2D eigenvalue weighted by Crippen LogP contribution is -2.15. The molecule has 0 aliphatic heterocycles. The molecule has 19 heavy (non-hydrogen) atoms. The summed E-state index contributed by atoms with van der Waals surface area (Å²) in [6, 6.07) is 0.305. The number of anilines is 2. The molecule has 108 valence electrons. The molecule has 1 aromatic heterocycles. The van der Waals surface area contributed by atoms with E-state index >= 15 is 0 Å². The lowest BCUT2D eigenvalue weighted by Gasteiger charge is -2.10. The van der Waals surface area contributed by atoms with E-state index in [1.165, 1.54) is 0 Å². The van der Waals surface area contributed by atoms with Crippen LogP contribution in [-0.2, 0) is 0 Å². The molecule has 7 heteroatoms. The highest BCUT2D eigenvalue weighted by atomic mass is 16.5. The largest absolute Gasteiger partial charge is 0.463 e. The van der Waals surface area contributed by atoms with Gasteiger partial charge in [0.1, 0.15) is 0 Å². The van der Waals surface area contributed by atoms with Crippen molar-refractivity contribution in [2.75, 3.05) is 30.8 Å². The molecule has 0 aliphatic rings. The molecule has 0 fully saturated rings. The maximum absolute atomic E-state index is 9.48. The maximum atomic E-state index is 9.48. The summed E-state index contributed by atoms with van der Waals surface area (Å²) in [6.45, 7) is 5.14. The van der Waals surface area contributed by atoms with Gasteiger partial charge in [-0.25, -0.2) is 0 Å². The van der Waals surface area contributed by atoms with Gasteiger partial charge in [-0.2, -0.15) is 15.0 Å². The molecule has 0 bridgehead atoms. The molecule has 0 saturated heterocycles. The van der Waals surface area contributed by atoms with Crippen molar-refractivity contribution in [2.45, 2.75) is 39.2 Å². The summed E-state index contributed by atoms with van der Waals surface area (Å²) in [7, 11) is 1.74. The number of ether oxygens (including phenoxy) is 1. The van der Waals surface area contributed by atoms with Crippen LogP contribution in [0.15, 0.2) is 0 Å². The number of rotatable bonds is 9. The highest BCUT2D eigenvalue weighted by Crippen LogP contribution is 2.11. The standard InChI is InChI=1S/C12H23N5O2/c1-4-8-19-12-16-10(13-3)15-11(17-12)14-7-6-9(18)5-2/h9,18H,4-8H2,1-3H3,(H2,13,14,15,16,17). The van der Waals surface area contributed by atoms with E-state index in [1.807, 2.05) is 13.8 Å². The molecule has 0 spiro atoms. The minimum Gasteiger partial charge on any atom is -0.463 e. The van der Waals surface area contributed by atoms with Gasteiger partial charge in [-0.1, -0.05) is 13.8 Å². The SMILES string of the molecule is CCCOc1nc(NC)nc(NCCC(O)CC)n1. The Bertz CT molecular complexity index is 375. The normalized spacial score (nSPS) is 12.0. The summed E-state index contributed by atoms with van der Waals surface area (Å²) in [5.74, 6) is 0.911. The number of hydrogen-bond acceptors (Lipinski definition) is 7. The van der Waals surface area contributed by atoms with E-state index in [0.29, 0.717) is 37.5 Å². The van der Waals surface area contributed by atoms with Crippen LogP contribution in [0.5, 0.6) is 6.01 Å². The Hall–Kier alpha value is -1.63. The van der Waals surface area contributed by atoms with Crippen molar-refractivity contribution < 1.29 is 9.84 Å². The van der Waals surface area contributed by atoms with Gasteiger partial charge in [0.2, 0.25) is 11.9 Å². The van der Waals surface area contributed by atoms with Crippen LogP contribution in [0.1, 0.15) is 33.1 Å². The topological polar surface area (TPSA) is 92.2 Å². The zero-order valence-corrected chi connectivity index (χ0v) is 11.8. The van der Waals surface area contributed by atoms with Crippen LogP contribution in [0.4, 0.5) is 11.9 Å². The van der Waals surface area contributed by atoms with Crippen LogP contribution >= 0.6 is 0 Å². The Morgan fingerprint density at radius 2 is 1.95 bits per heavy atom. The van der Waals surface area contributed by atoms with Gasteiger partial charge in [0, 0.05) is 13.6 Å². The highest BCUT2D eigenvalue weighted by Gasteiger charge is 2.07. The summed E-state index contributed by atoms with van der Waals surface area (Å²) in [6.07, 6.45) is 1.99. The average Bonchev–Trinajstić information content (AvgIpc) is 2.44. The predicted molar refractivity (Wildman–Crippen MR) is 74.6 cm³/mol. The van der Waals surface area contributed by atoms with Crippen LogP contribution in [0.3, 0.4) is 0 Å². The number of nitrogens with zero attached hydrogens (tertiary/aromatic N) is 3. The number of nitrogens with one attached hydrogen (secondary N) is 2. The third-order valence-electron chi connectivity index (χ3n) is 2.51. The summed E-state index contributed by atoms with van der Waals surface area (Å²) < 4.78 is 5.40. The molecular weight excluding hydrogens is 246 g/mol. The molecule has 0 radical (unpaired) electrons. The van der Waals surface area contributed by atoms with Crippen LogP contribution in [-0.4, -0.2) is 46.4 Å². The summed E-state index contributed by atoms with van der Waals surface area (Å²) in [5, 5.41) is 15.4. The Kier molecular flexibility index (Phi) is 6.88. The molecule has 0 aromatic carbocycles. The lowest BCUT2D eigenvalue weighted by atomic mass is 10.2. The van der Waals surface area contributed by atoms with Gasteiger partial charge in [-0.05, 0) is 19.3 Å². The second-order valence-corrected chi connectivity index (χ2v) is 4.14. The van der Waals surface area contributed by atoms with Crippen LogP contribution in [0.25, 0.3) is 0 Å². The van der Waals surface area contributed by atoms with Gasteiger partial charge in [0.25, 0.3) is 0 Å². The Balaban J connectivity index is 2.60. The molecule has 0 amide bonds. The van der Waals surface area contributed by atoms with Crippen molar-refractivity contribution in [3.63, 3.8) is 0 Å². The minimum absolute atomic E-state index is 0.297. The zero-order chi connectivity index (χ0) is 14.1. The van der Waals surface area contributed by atoms with E-state index in [0.717, 1.165) is 12.8 Å². The molecule has 7 nitrogen and oxygen atoms in total. The highest BCUT2D eigenvalue weighted by molar-refractivity contribution is 5.35. The first kappa shape index (κ1) is 15.4. The molecule has 0 saturated carbocycles. The Labute approximate surface area is 113 Å². The molecule has 1 rings (SSSR count). The van der Waals surface area contributed by atoms with Gasteiger partial charge in [0.05, 0.1) is 12.7 Å². The van der Waals surface area contributed by atoms with Gasteiger partial charge in [0.15, 0.2) is 0 Å². The average molecular weight is 269 g/mol. The van der Waals surface area contributed by atoms with Gasteiger partial charge in [-0.3, -0.25) is 0 Å². The van der Waals surface area contributed by atoms with Crippen molar-refractivity contribution in [1.29, 1.82) is 0 Å². The smallest absolute Gasteiger partial charge is 0.323 e. The van der Waals surface area contributed by atoms with Gasteiger partial charge >= 0.3 is 6.01 Å². The van der Waals surface area contributed by atoms with Crippen LogP contribution in [0, 0.1) is 0 Å². The Morgan fingerprint density at radius 3 is 2.58 bits per heavy atom. The summed E-state index contributed by atoms with van der Waals surface area (Å²) >= 11 is 0. The first-order valence-electron chi connectivity index (χ1n) is 6.68. The minimum atomic E-state index is -0.297. The fraction of sp³-hybridized carbons (Fsp3) is 0.750. The second kappa shape index (κ2) is 8.47. The predicted octanol–water partition coefficient (Wildman–Crippen LogP) is 1.27. The van der Waals surface area contributed by atoms with Crippen molar-refractivity contribution >= 4 is 11.9 Å². The Morgan fingerprint density at radius 1 is 1.21 bits per heavy atom. The van der Waals surface area contributed by atoms with E-state index in [-0.39, 0.29) is 6.10 Å². The third-order valence-corrected chi connectivity index (χ3v) is 2.51. The third kappa shape index (κ3) is 5.69. The molecule has 0 aliphatic carbocycles. The van der Waals surface area contributed by atoms with Gasteiger partial charge in [-0.15, -0.1) is 0 Å².